The van der Waals surface area contributed by atoms with Crippen LogP contribution in [-0.2, 0) is 6.54 Å². The van der Waals surface area contributed by atoms with Gasteiger partial charge in [-0.3, -0.25) is 9.36 Å². The van der Waals surface area contributed by atoms with E-state index >= 15 is 0 Å². The van der Waals surface area contributed by atoms with Crippen LogP contribution in [0.3, 0.4) is 0 Å². The average Bonchev–Trinajstić information content (AvgIpc) is 2.70. The first-order chi connectivity index (χ1) is 14.6. The Balaban J connectivity index is 1.47. The number of fused-ring (bicyclic) bond motifs is 1. The van der Waals surface area contributed by atoms with Gasteiger partial charge in [-0.1, -0.05) is 30.7 Å². The first kappa shape index (κ1) is 19.4. The van der Waals surface area contributed by atoms with Crippen LogP contribution in [0, 0.1) is 18.7 Å². The Morgan fingerprint density at radius 3 is 2.70 bits per heavy atom. The summed E-state index contributed by atoms with van der Waals surface area (Å²) in [6.45, 7) is 4.89. The van der Waals surface area contributed by atoms with E-state index in [-0.39, 0.29) is 11.4 Å². The van der Waals surface area contributed by atoms with Crippen molar-refractivity contribution in [1.29, 1.82) is 0 Å². The first-order valence-corrected chi connectivity index (χ1v) is 11.1. The molecule has 1 atom stereocenters. The maximum Gasteiger partial charge on any atom is 0.261 e. The van der Waals surface area contributed by atoms with Gasteiger partial charge in [-0.2, -0.15) is 0 Å². The average molecular weight is 406 g/mol. The second-order valence-electron chi connectivity index (χ2n) is 8.87. The lowest BCUT2D eigenvalue weighted by atomic mass is 9.88. The van der Waals surface area contributed by atoms with Crippen molar-refractivity contribution in [3.05, 3.63) is 64.5 Å². The number of aromatic nitrogens is 2. The zero-order chi connectivity index (χ0) is 20.7. The molecular weight excluding hydrogens is 377 g/mol. The minimum absolute atomic E-state index is 0.0172. The van der Waals surface area contributed by atoms with E-state index in [4.69, 9.17) is 4.98 Å². The van der Waals surface area contributed by atoms with Crippen LogP contribution in [0.15, 0.2) is 47.3 Å². The molecule has 1 aromatic heterocycles. The fraction of sp³-hybridized carbons (Fsp3) is 0.440. The highest BCUT2D eigenvalue weighted by molar-refractivity contribution is 5.84. The second-order valence-corrected chi connectivity index (χ2v) is 8.87. The van der Waals surface area contributed by atoms with Crippen molar-refractivity contribution in [1.82, 2.24) is 14.5 Å². The Kier molecular flexibility index (Phi) is 5.15. The van der Waals surface area contributed by atoms with E-state index in [0.29, 0.717) is 34.5 Å². The maximum absolute atomic E-state index is 14.3. The summed E-state index contributed by atoms with van der Waals surface area (Å²) in [6, 6.07) is 12.9. The molecular formula is C25H28FN3O. The molecule has 1 aliphatic heterocycles. The third-order valence-corrected chi connectivity index (χ3v) is 6.91. The molecule has 156 valence electrons. The predicted molar refractivity (Wildman–Crippen MR) is 118 cm³/mol. The highest BCUT2D eigenvalue weighted by Gasteiger charge is 2.30. The van der Waals surface area contributed by atoms with Crippen molar-refractivity contribution in [2.24, 2.45) is 5.92 Å². The van der Waals surface area contributed by atoms with Crippen molar-refractivity contribution in [3.8, 4) is 11.1 Å². The van der Waals surface area contributed by atoms with E-state index in [2.05, 4.69) is 4.90 Å². The van der Waals surface area contributed by atoms with Gasteiger partial charge < -0.3 is 4.90 Å². The van der Waals surface area contributed by atoms with Crippen LogP contribution in [0.25, 0.3) is 22.0 Å². The van der Waals surface area contributed by atoms with Crippen LogP contribution in [0.2, 0.25) is 0 Å². The third-order valence-electron chi connectivity index (χ3n) is 6.91. The molecule has 0 spiro atoms. The summed E-state index contributed by atoms with van der Waals surface area (Å²) in [4.78, 5) is 20.7. The minimum atomic E-state index is -0.282. The summed E-state index contributed by atoms with van der Waals surface area (Å²) in [6.07, 6.45) is 6.35. The van der Waals surface area contributed by atoms with Gasteiger partial charge in [-0.15, -0.1) is 0 Å². The smallest absolute Gasteiger partial charge is 0.261 e. The van der Waals surface area contributed by atoms with Gasteiger partial charge in [0.15, 0.2) is 0 Å². The van der Waals surface area contributed by atoms with E-state index < -0.39 is 0 Å². The molecule has 3 aromatic rings. The maximum atomic E-state index is 14.3. The summed E-state index contributed by atoms with van der Waals surface area (Å²) < 4.78 is 16.1. The lowest BCUT2D eigenvalue weighted by Gasteiger charge is -2.42. The zero-order valence-corrected chi connectivity index (χ0v) is 17.5. The molecule has 0 bridgehead atoms. The Morgan fingerprint density at radius 2 is 1.93 bits per heavy atom. The number of nitrogens with zero attached hydrogens (tertiary/aromatic N) is 3. The molecule has 2 aromatic carbocycles. The molecule has 5 rings (SSSR count). The number of benzene rings is 2. The van der Waals surface area contributed by atoms with Crippen LogP contribution < -0.4 is 5.56 Å². The fourth-order valence-corrected chi connectivity index (χ4v) is 5.00. The molecule has 4 nitrogen and oxygen atoms in total. The number of halogens is 1. The highest BCUT2D eigenvalue weighted by atomic mass is 19.1. The molecule has 30 heavy (non-hydrogen) atoms. The highest BCUT2D eigenvalue weighted by Crippen LogP contribution is 2.30. The van der Waals surface area contributed by atoms with Gasteiger partial charge in [0.25, 0.3) is 5.56 Å². The predicted octanol–water partition coefficient (Wildman–Crippen LogP) is 4.78. The van der Waals surface area contributed by atoms with Crippen LogP contribution in [0.4, 0.5) is 4.39 Å². The Morgan fingerprint density at radius 1 is 1.10 bits per heavy atom. The number of piperidine rings is 1. The van der Waals surface area contributed by atoms with E-state index in [9.17, 15) is 9.18 Å². The molecule has 1 aliphatic carbocycles. The van der Waals surface area contributed by atoms with E-state index in [0.717, 1.165) is 24.8 Å². The lowest BCUT2D eigenvalue weighted by Crippen LogP contribution is -2.47. The van der Waals surface area contributed by atoms with Gasteiger partial charge in [-0.25, -0.2) is 9.37 Å². The SMILES string of the molecule is Cc1nc2ccc(-c3ccccc3F)cc2c(=O)n1C[C@H]1CCCN(C2CCC2)C1. The minimum Gasteiger partial charge on any atom is -0.300 e. The molecule has 0 amide bonds. The summed E-state index contributed by atoms with van der Waals surface area (Å²) in [5, 5.41) is 0.563. The first-order valence-electron chi connectivity index (χ1n) is 11.1. The molecule has 5 heteroatoms. The summed E-state index contributed by atoms with van der Waals surface area (Å²) in [7, 11) is 0. The molecule has 0 N–H and O–H groups in total. The number of hydrogen-bond acceptors (Lipinski definition) is 3. The quantitative estimate of drug-likeness (QED) is 0.627. The summed E-state index contributed by atoms with van der Waals surface area (Å²) >= 11 is 0. The number of likely N-dealkylation sites (tertiary alicyclic amines) is 1. The number of rotatable bonds is 4. The van der Waals surface area contributed by atoms with Crippen molar-refractivity contribution in [2.75, 3.05) is 13.1 Å². The monoisotopic (exact) mass is 405 g/mol. The Bertz CT molecular complexity index is 1130. The zero-order valence-electron chi connectivity index (χ0n) is 17.5. The van der Waals surface area contributed by atoms with Crippen LogP contribution in [0.5, 0.6) is 0 Å². The molecule has 2 aliphatic rings. The normalized spacial score (nSPS) is 20.4. The van der Waals surface area contributed by atoms with Gasteiger partial charge >= 0.3 is 0 Å². The van der Waals surface area contributed by atoms with Crippen molar-refractivity contribution >= 4 is 10.9 Å². The molecule has 2 heterocycles. The van der Waals surface area contributed by atoms with E-state index in [1.54, 1.807) is 18.2 Å². The summed E-state index contributed by atoms with van der Waals surface area (Å²) in [5.74, 6) is 0.951. The largest absolute Gasteiger partial charge is 0.300 e. The lowest BCUT2D eigenvalue weighted by molar-refractivity contribution is 0.0713. The number of hydrogen-bond donors (Lipinski definition) is 0. The Labute approximate surface area is 176 Å². The standard InChI is InChI=1S/C25H28FN3O/c1-17-27-24-12-11-19(21-9-2-3-10-23(21)26)14-22(24)25(30)29(17)16-18-6-5-13-28(15-18)20-7-4-8-20/h2-3,9-12,14,18,20H,4-8,13,15-16H2,1H3/t18-/m0/s1. The second kappa shape index (κ2) is 7.95. The molecule has 2 fully saturated rings. The van der Waals surface area contributed by atoms with Gasteiger partial charge in [0.2, 0.25) is 0 Å². The molecule has 1 saturated carbocycles. The van der Waals surface area contributed by atoms with Crippen LogP contribution in [-0.4, -0.2) is 33.6 Å². The van der Waals surface area contributed by atoms with Crippen LogP contribution in [0.1, 0.15) is 37.9 Å². The Hall–Kier alpha value is -2.53. The number of aryl methyl sites for hydroxylation is 1. The molecule has 0 radical (unpaired) electrons. The topological polar surface area (TPSA) is 38.1 Å². The van der Waals surface area contributed by atoms with Crippen molar-refractivity contribution in [3.63, 3.8) is 0 Å². The third kappa shape index (κ3) is 3.56. The van der Waals surface area contributed by atoms with Crippen molar-refractivity contribution in [2.45, 2.75) is 51.6 Å². The molecule has 0 unspecified atom stereocenters. The van der Waals surface area contributed by atoms with E-state index in [1.165, 1.54) is 38.3 Å². The molecule has 1 saturated heterocycles. The summed E-state index contributed by atoms with van der Waals surface area (Å²) in [5.41, 5.74) is 1.88. The van der Waals surface area contributed by atoms with Crippen molar-refractivity contribution < 1.29 is 4.39 Å². The van der Waals surface area contributed by atoms with Crippen LogP contribution >= 0.6 is 0 Å². The van der Waals surface area contributed by atoms with Gasteiger partial charge in [0.1, 0.15) is 11.6 Å². The van der Waals surface area contributed by atoms with Gasteiger partial charge in [-0.05, 0) is 68.8 Å². The van der Waals surface area contributed by atoms with E-state index in [1.807, 2.05) is 29.7 Å². The van der Waals surface area contributed by atoms with Gasteiger partial charge in [0.05, 0.1) is 10.9 Å². The fourth-order valence-electron chi connectivity index (χ4n) is 5.00. The van der Waals surface area contributed by atoms with Gasteiger partial charge in [0, 0.05) is 24.7 Å².